The van der Waals surface area contributed by atoms with Gasteiger partial charge in [0.05, 0.1) is 23.3 Å². The van der Waals surface area contributed by atoms with Crippen molar-refractivity contribution >= 4 is 17.9 Å². The molecule has 5 aromatic carbocycles. The number of carbonyl (C=O) groups is 3. The molecule has 0 bridgehead atoms. The molecule has 5 rings (SSSR count). The molecule has 226 valence electrons. The normalized spacial score (nSPS) is 10.5. The third-order valence-electron chi connectivity index (χ3n) is 6.98. The largest absolute Gasteiger partial charge is 0.489 e. The summed E-state index contributed by atoms with van der Waals surface area (Å²) in [7, 11) is 0. The van der Waals surface area contributed by atoms with E-state index in [2.05, 4.69) is 0 Å². The van der Waals surface area contributed by atoms with Crippen molar-refractivity contribution in [3.05, 3.63) is 161 Å². The van der Waals surface area contributed by atoms with Gasteiger partial charge >= 0.3 is 17.9 Å². The van der Waals surface area contributed by atoms with E-state index in [0.29, 0.717) is 34.6 Å². The molecular weight excluding hydrogens is 568 g/mol. The quantitative estimate of drug-likeness (QED) is 0.107. The van der Waals surface area contributed by atoms with E-state index in [9.17, 15) is 14.4 Å². The van der Waals surface area contributed by atoms with Gasteiger partial charge in [0.25, 0.3) is 0 Å². The molecule has 7 nitrogen and oxygen atoms in total. The van der Waals surface area contributed by atoms with Crippen molar-refractivity contribution in [1.29, 1.82) is 0 Å². The molecular formula is C38H32O7. The third-order valence-corrected chi connectivity index (χ3v) is 6.98. The summed E-state index contributed by atoms with van der Waals surface area (Å²) >= 11 is 0. The van der Waals surface area contributed by atoms with Crippen LogP contribution < -0.4 is 4.74 Å². The maximum absolute atomic E-state index is 12.7. The third kappa shape index (κ3) is 8.45. The zero-order valence-electron chi connectivity index (χ0n) is 24.8. The zero-order chi connectivity index (χ0) is 31.4. The Balaban J connectivity index is 1.28. The molecule has 0 amide bonds. The Morgan fingerprint density at radius 2 is 1.07 bits per heavy atom. The highest BCUT2D eigenvalue weighted by atomic mass is 16.5. The molecule has 0 aliphatic rings. The highest BCUT2D eigenvalue weighted by molar-refractivity contribution is 5.90. The summed E-state index contributed by atoms with van der Waals surface area (Å²) < 4.78 is 22.4. The Morgan fingerprint density at radius 3 is 1.69 bits per heavy atom. The molecule has 0 saturated heterocycles. The van der Waals surface area contributed by atoms with Crippen LogP contribution in [0.1, 0.15) is 54.7 Å². The van der Waals surface area contributed by atoms with Gasteiger partial charge in [-0.1, -0.05) is 72.8 Å². The summed E-state index contributed by atoms with van der Waals surface area (Å²) in [6, 6.07) is 38.1. The van der Waals surface area contributed by atoms with Gasteiger partial charge in [0.15, 0.2) is 0 Å². The lowest BCUT2D eigenvalue weighted by atomic mass is 10.0. The van der Waals surface area contributed by atoms with Gasteiger partial charge in [0.1, 0.15) is 25.6 Å². The second kappa shape index (κ2) is 15.2. The van der Waals surface area contributed by atoms with Crippen LogP contribution in [-0.2, 0) is 34.0 Å². The van der Waals surface area contributed by atoms with Crippen molar-refractivity contribution in [2.75, 3.05) is 6.61 Å². The highest BCUT2D eigenvalue weighted by Gasteiger charge is 2.14. The van der Waals surface area contributed by atoms with Gasteiger partial charge < -0.3 is 18.9 Å². The molecule has 0 saturated carbocycles. The lowest BCUT2D eigenvalue weighted by Crippen LogP contribution is -2.10. The second-order valence-electron chi connectivity index (χ2n) is 10.1. The van der Waals surface area contributed by atoms with Crippen molar-refractivity contribution in [2.24, 2.45) is 0 Å². The molecule has 0 fully saturated rings. The SMILES string of the molecule is CCOC(=O)c1ccc(-c2cccc(OCc3ccc(COC(=O)c4ccccc4)c(COC(=O)c4ccccc4)c3)c2)cc1. The number of rotatable bonds is 12. The lowest BCUT2D eigenvalue weighted by molar-refractivity contribution is 0.0435. The van der Waals surface area contributed by atoms with Crippen LogP contribution in [0.2, 0.25) is 0 Å². The summed E-state index contributed by atoms with van der Waals surface area (Å²) in [5.41, 5.74) is 5.55. The van der Waals surface area contributed by atoms with Gasteiger partial charge in [0.2, 0.25) is 0 Å². The minimum Gasteiger partial charge on any atom is -0.489 e. The fourth-order valence-electron chi connectivity index (χ4n) is 4.59. The first-order valence-corrected chi connectivity index (χ1v) is 14.6. The predicted octanol–water partition coefficient (Wildman–Crippen LogP) is 7.82. The van der Waals surface area contributed by atoms with Crippen LogP contribution in [0.25, 0.3) is 11.1 Å². The van der Waals surface area contributed by atoms with E-state index < -0.39 is 11.9 Å². The second-order valence-corrected chi connectivity index (χ2v) is 10.1. The topological polar surface area (TPSA) is 88.1 Å². The monoisotopic (exact) mass is 600 g/mol. The molecule has 45 heavy (non-hydrogen) atoms. The fourth-order valence-corrected chi connectivity index (χ4v) is 4.59. The number of carbonyl (C=O) groups excluding carboxylic acids is 3. The van der Waals surface area contributed by atoms with Crippen molar-refractivity contribution in [2.45, 2.75) is 26.7 Å². The molecule has 0 spiro atoms. The maximum atomic E-state index is 12.7. The molecule has 0 aliphatic heterocycles. The first-order valence-electron chi connectivity index (χ1n) is 14.6. The van der Waals surface area contributed by atoms with Crippen molar-refractivity contribution < 1.29 is 33.3 Å². The Bertz CT molecular complexity index is 1750. The maximum Gasteiger partial charge on any atom is 0.338 e. The van der Waals surface area contributed by atoms with Gasteiger partial charge in [0, 0.05) is 0 Å². The Morgan fingerprint density at radius 1 is 0.489 bits per heavy atom. The molecule has 0 unspecified atom stereocenters. The van der Waals surface area contributed by atoms with Crippen LogP contribution in [0.5, 0.6) is 5.75 Å². The molecule has 5 aromatic rings. The zero-order valence-corrected chi connectivity index (χ0v) is 24.8. The number of hydrogen-bond acceptors (Lipinski definition) is 7. The molecule has 0 aliphatic carbocycles. The van der Waals surface area contributed by atoms with E-state index in [4.69, 9.17) is 18.9 Å². The summed E-state index contributed by atoms with van der Waals surface area (Å²) in [6.45, 7) is 2.37. The van der Waals surface area contributed by atoms with Crippen LogP contribution in [0.3, 0.4) is 0 Å². The smallest absolute Gasteiger partial charge is 0.338 e. The standard InChI is InChI=1S/C38H32O7/c1-2-42-36(39)31-20-18-28(19-21-31)32-14-9-15-35(23-32)43-24-27-16-17-33(25-44-37(40)29-10-5-3-6-11-29)34(22-27)26-45-38(41)30-12-7-4-8-13-30/h3-23H,2,24-26H2,1H3. The van der Waals surface area contributed by atoms with Crippen LogP contribution >= 0.6 is 0 Å². The van der Waals surface area contributed by atoms with Gasteiger partial charge in [-0.2, -0.15) is 0 Å². The summed E-state index contributed by atoms with van der Waals surface area (Å²) in [5, 5.41) is 0. The number of hydrogen-bond donors (Lipinski definition) is 0. The first-order chi connectivity index (χ1) is 22.0. The molecule has 0 atom stereocenters. The van der Waals surface area contributed by atoms with Crippen LogP contribution in [0, 0.1) is 0 Å². The van der Waals surface area contributed by atoms with Gasteiger partial charge in [-0.25, -0.2) is 14.4 Å². The summed E-state index contributed by atoms with van der Waals surface area (Å²) in [4.78, 5) is 37.2. The van der Waals surface area contributed by atoms with Crippen LogP contribution in [0.15, 0.2) is 127 Å². The first kappa shape index (κ1) is 30.8. The Labute approximate surface area is 262 Å². The minimum absolute atomic E-state index is 0.00291. The lowest BCUT2D eigenvalue weighted by Gasteiger charge is -2.14. The summed E-state index contributed by atoms with van der Waals surface area (Å²) in [6.07, 6.45) is 0. The van der Waals surface area contributed by atoms with E-state index in [-0.39, 0.29) is 25.8 Å². The number of esters is 3. The fraction of sp³-hybridized carbons (Fsp3) is 0.132. The van der Waals surface area contributed by atoms with Crippen LogP contribution in [-0.4, -0.2) is 24.5 Å². The molecule has 0 N–H and O–H groups in total. The predicted molar refractivity (Wildman–Crippen MR) is 170 cm³/mol. The molecule has 0 radical (unpaired) electrons. The van der Waals surface area contributed by atoms with Crippen molar-refractivity contribution in [1.82, 2.24) is 0 Å². The molecule has 0 heterocycles. The van der Waals surface area contributed by atoms with E-state index >= 15 is 0 Å². The van der Waals surface area contributed by atoms with E-state index in [1.807, 2.05) is 66.7 Å². The highest BCUT2D eigenvalue weighted by Crippen LogP contribution is 2.26. The van der Waals surface area contributed by atoms with Crippen molar-refractivity contribution in [3.8, 4) is 16.9 Å². The van der Waals surface area contributed by atoms with Crippen LogP contribution in [0.4, 0.5) is 0 Å². The van der Waals surface area contributed by atoms with Crippen molar-refractivity contribution in [3.63, 3.8) is 0 Å². The van der Waals surface area contributed by atoms with E-state index in [1.165, 1.54) is 0 Å². The van der Waals surface area contributed by atoms with Gasteiger partial charge in [-0.3, -0.25) is 0 Å². The average Bonchev–Trinajstić information content (AvgIpc) is 3.10. The number of benzene rings is 5. The summed E-state index contributed by atoms with van der Waals surface area (Å²) in [5.74, 6) is -0.571. The minimum atomic E-state index is -0.448. The van der Waals surface area contributed by atoms with E-state index in [0.717, 1.165) is 22.3 Å². The molecule has 0 aromatic heterocycles. The van der Waals surface area contributed by atoms with Gasteiger partial charge in [-0.15, -0.1) is 0 Å². The number of ether oxygens (including phenoxy) is 4. The van der Waals surface area contributed by atoms with E-state index in [1.54, 1.807) is 67.6 Å². The Hall–Kier alpha value is -5.69. The van der Waals surface area contributed by atoms with Gasteiger partial charge in [-0.05, 0) is 89.3 Å². The molecule has 7 heteroatoms. The average molecular weight is 601 g/mol. The Kier molecular flexibility index (Phi) is 10.4.